The number of hydrogen-bond acceptors (Lipinski definition) is 3. The minimum atomic E-state index is -3.62. The fourth-order valence-corrected chi connectivity index (χ4v) is 6.30. The molecule has 2 aromatic carbocycles. The van der Waals surface area contributed by atoms with E-state index in [0.717, 1.165) is 6.42 Å². The van der Waals surface area contributed by atoms with Gasteiger partial charge in [-0.3, -0.25) is 4.57 Å². The summed E-state index contributed by atoms with van der Waals surface area (Å²) in [5, 5.41) is 22.1. The van der Waals surface area contributed by atoms with Crippen LogP contribution in [0.3, 0.4) is 0 Å². The van der Waals surface area contributed by atoms with Gasteiger partial charge < -0.3 is 15.1 Å². The summed E-state index contributed by atoms with van der Waals surface area (Å²) >= 11 is 0. The molecule has 3 unspecified atom stereocenters. The molecule has 5 heteroatoms. The molecule has 1 aliphatic carbocycles. The molecule has 0 saturated heterocycles. The van der Waals surface area contributed by atoms with E-state index in [1.54, 1.807) is 24.3 Å². The summed E-state index contributed by atoms with van der Waals surface area (Å²) in [5.41, 5.74) is 0.229. The molecule has 2 bridgehead atoms. The number of hydrogen-bond donors (Lipinski definition) is 3. The van der Waals surface area contributed by atoms with Crippen molar-refractivity contribution in [2.75, 3.05) is 0 Å². The first kappa shape index (κ1) is 12.2. The van der Waals surface area contributed by atoms with Crippen LogP contribution in [0.2, 0.25) is 0 Å². The first-order chi connectivity index (χ1) is 9.51. The molecule has 1 fully saturated rings. The first-order valence-corrected chi connectivity index (χ1v) is 8.54. The Hall–Kier alpha value is -1.51. The molecule has 1 saturated carbocycles. The molecule has 1 heterocycles. The lowest BCUT2D eigenvalue weighted by Crippen LogP contribution is -2.25. The number of rotatable bonds is 0. The third-order valence-corrected chi connectivity index (χ3v) is 7.35. The van der Waals surface area contributed by atoms with E-state index in [1.807, 2.05) is 0 Å². The van der Waals surface area contributed by atoms with Crippen LogP contribution in [0.4, 0.5) is 0 Å². The smallest absolute Gasteiger partial charge is 0.236 e. The molecule has 2 aromatic rings. The Kier molecular flexibility index (Phi) is 2.31. The predicted molar refractivity (Wildman–Crippen MR) is 77.1 cm³/mol. The van der Waals surface area contributed by atoms with E-state index in [2.05, 4.69) is 0 Å². The van der Waals surface area contributed by atoms with Crippen molar-refractivity contribution in [2.45, 2.75) is 30.8 Å². The van der Waals surface area contributed by atoms with Crippen LogP contribution in [0.25, 0.3) is 10.8 Å². The van der Waals surface area contributed by atoms with Crippen molar-refractivity contribution in [2.24, 2.45) is 0 Å². The molecule has 4 rings (SSSR count). The molecule has 0 radical (unpaired) electrons. The summed E-state index contributed by atoms with van der Waals surface area (Å²) in [4.78, 5) is 10.5. The van der Waals surface area contributed by atoms with E-state index < -0.39 is 7.37 Å². The Balaban J connectivity index is 2.21. The zero-order chi connectivity index (χ0) is 14.1. The molecule has 20 heavy (non-hydrogen) atoms. The van der Waals surface area contributed by atoms with Gasteiger partial charge in [0.05, 0.1) is 5.30 Å². The summed E-state index contributed by atoms with van der Waals surface area (Å²) in [5.74, 6) is 0.0172. The molecule has 0 spiro atoms. The van der Waals surface area contributed by atoms with Crippen molar-refractivity contribution >= 4 is 23.4 Å². The van der Waals surface area contributed by atoms with Crippen LogP contribution in [0.5, 0.6) is 11.5 Å². The van der Waals surface area contributed by atoms with Gasteiger partial charge in [-0.15, -0.1) is 0 Å². The molecule has 3 atom stereocenters. The molecule has 0 amide bonds. The normalized spacial score (nSPS) is 31.4. The maximum atomic E-state index is 12.7. The Morgan fingerprint density at radius 3 is 2.40 bits per heavy atom. The van der Waals surface area contributed by atoms with E-state index >= 15 is 0 Å². The van der Waals surface area contributed by atoms with Gasteiger partial charge in [-0.05, 0) is 25.2 Å². The highest BCUT2D eigenvalue weighted by atomic mass is 31.2. The van der Waals surface area contributed by atoms with Gasteiger partial charge in [0, 0.05) is 22.0 Å². The highest BCUT2D eigenvalue weighted by Gasteiger charge is 2.49. The Labute approximate surface area is 116 Å². The van der Waals surface area contributed by atoms with Crippen molar-refractivity contribution in [3.05, 3.63) is 29.8 Å². The number of phenols is 2. The van der Waals surface area contributed by atoms with Crippen LogP contribution in [-0.4, -0.2) is 20.8 Å². The average molecular weight is 290 g/mol. The minimum Gasteiger partial charge on any atom is -0.507 e. The average Bonchev–Trinajstić information content (AvgIpc) is 2.88. The standard InChI is InChI=1S/C15H15O4P/c16-13-10-3-1-2-4-11(10)14(17)15-12(13)8-5-6-9(7-8)20(15,18)19/h1-4,8-9,16-17H,5-7H2,(H,18,19). The van der Waals surface area contributed by atoms with Crippen LogP contribution in [0, 0.1) is 0 Å². The quantitative estimate of drug-likeness (QED) is 0.515. The lowest BCUT2D eigenvalue weighted by atomic mass is 9.92. The lowest BCUT2D eigenvalue weighted by molar-refractivity contribution is 0.445. The molecule has 104 valence electrons. The maximum absolute atomic E-state index is 12.7. The zero-order valence-electron chi connectivity index (χ0n) is 10.8. The van der Waals surface area contributed by atoms with Gasteiger partial charge in [0.25, 0.3) is 0 Å². The predicted octanol–water partition coefficient (Wildman–Crippen LogP) is 2.80. The summed E-state index contributed by atoms with van der Waals surface area (Å²) < 4.78 is 12.7. The fourth-order valence-electron chi connectivity index (χ4n) is 3.84. The van der Waals surface area contributed by atoms with Crippen molar-refractivity contribution in [1.29, 1.82) is 0 Å². The van der Waals surface area contributed by atoms with E-state index in [0.29, 0.717) is 29.2 Å². The SMILES string of the molecule is O=P1(O)c2c(c(O)c3ccccc3c2O)C2CCC1C2. The van der Waals surface area contributed by atoms with Gasteiger partial charge in [0.2, 0.25) is 7.37 Å². The van der Waals surface area contributed by atoms with E-state index in [4.69, 9.17) is 0 Å². The van der Waals surface area contributed by atoms with Crippen molar-refractivity contribution < 1.29 is 19.7 Å². The van der Waals surface area contributed by atoms with Crippen molar-refractivity contribution in [3.63, 3.8) is 0 Å². The highest BCUT2D eigenvalue weighted by molar-refractivity contribution is 7.67. The second kappa shape index (κ2) is 3.78. The van der Waals surface area contributed by atoms with Gasteiger partial charge in [0.15, 0.2) is 0 Å². The second-order valence-electron chi connectivity index (χ2n) is 5.79. The molecule has 4 nitrogen and oxygen atoms in total. The molecule has 2 aliphatic rings. The minimum absolute atomic E-state index is 0.0630. The molecular formula is C15H15O4P. The third-order valence-electron chi connectivity index (χ3n) is 4.80. The van der Waals surface area contributed by atoms with Crippen molar-refractivity contribution in [3.8, 4) is 11.5 Å². The van der Waals surface area contributed by atoms with E-state index in [9.17, 15) is 19.7 Å². The Bertz CT molecular complexity index is 783. The highest BCUT2D eigenvalue weighted by Crippen LogP contribution is 2.64. The van der Waals surface area contributed by atoms with E-state index in [-0.39, 0.29) is 28.4 Å². The van der Waals surface area contributed by atoms with Gasteiger partial charge in [-0.2, -0.15) is 0 Å². The van der Waals surface area contributed by atoms with E-state index in [1.165, 1.54) is 0 Å². The Morgan fingerprint density at radius 2 is 1.70 bits per heavy atom. The fraction of sp³-hybridized carbons (Fsp3) is 0.333. The maximum Gasteiger partial charge on any atom is 0.236 e. The largest absolute Gasteiger partial charge is 0.507 e. The lowest BCUT2D eigenvalue weighted by Gasteiger charge is -2.30. The summed E-state index contributed by atoms with van der Waals surface area (Å²) in [6, 6.07) is 6.93. The molecular weight excluding hydrogens is 275 g/mol. The van der Waals surface area contributed by atoms with Crippen molar-refractivity contribution in [1.82, 2.24) is 0 Å². The number of fused-ring (bicyclic) bond motifs is 5. The van der Waals surface area contributed by atoms with Gasteiger partial charge in [-0.25, -0.2) is 0 Å². The first-order valence-electron chi connectivity index (χ1n) is 6.81. The van der Waals surface area contributed by atoms with Gasteiger partial charge in [-0.1, -0.05) is 24.3 Å². The monoisotopic (exact) mass is 290 g/mol. The van der Waals surface area contributed by atoms with Crippen LogP contribution in [0.15, 0.2) is 24.3 Å². The number of benzene rings is 2. The third kappa shape index (κ3) is 1.33. The molecule has 0 aromatic heterocycles. The summed E-state index contributed by atoms with van der Waals surface area (Å²) in [6.45, 7) is 0. The Morgan fingerprint density at radius 1 is 1.05 bits per heavy atom. The van der Waals surface area contributed by atoms with Gasteiger partial charge >= 0.3 is 0 Å². The number of phenolic OH excluding ortho intramolecular Hbond substituents is 2. The summed E-state index contributed by atoms with van der Waals surface area (Å²) in [6.07, 6.45) is 2.11. The van der Waals surface area contributed by atoms with Crippen LogP contribution < -0.4 is 5.30 Å². The number of aromatic hydroxyl groups is 2. The second-order valence-corrected chi connectivity index (χ2v) is 8.22. The molecule has 1 aliphatic heterocycles. The zero-order valence-corrected chi connectivity index (χ0v) is 11.7. The molecule has 3 N–H and O–H groups in total. The summed E-state index contributed by atoms with van der Waals surface area (Å²) in [7, 11) is -3.62. The van der Waals surface area contributed by atoms with Crippen LogP contribution in [0.1, 0.15) is 30.7 Å². The van der Waals surface area contributed by atoms with Gasteiger partial charge in [0.1, 0.15) is 11.5 Å². The van der Waals surface area contributed by atoms with Crippen LogP contribution >= 0.6 is 7.37 Å². The van der Waals surface area contributed by atoms with Crippen LogP contribution in [-0.2, 0) is 4.57 Å². The topological polar surface area (TPSA) is 77.8 Å².